The summed E-state index contributed by atoms with van der Waals surface area (Å²) in [6, 6.07) is 42.9. The maximum absolute atomic E-state index is 10.6. The van der Waals surface area contributed by atoms with E-state index < -0.39 is 14.2 Å². The fourth-order valence-corrected chi connectivity index (χ4v) is 13.5. The zero-order valence-corrected chi connectivity index (χ0v) is 28.1. The van der Waals surface area contributed by atoms with Crippen LogP contribution < -0.4 is 0 Å². The van der Waals surface area contributed by atoms with Crippen molar-refractivity contribution in [1.82, 2.24) is 0 Å². The van der Waals surface area contributed by atoms with Crippen molar-refractivity contribution in [3.05, 3.63) is 144 Å². The number of benzene rings is 4. The van der Waals surface area contributed by atoms with E-state index in [1.54, 1.807) is 0 Å². The Kier molecular flexibility index (Phi) is 14.9. The molecule has 3 nitrogen and oxygen atoms in total. The van der Waals surface area contributed by atoms with Crippen LogP contribution in [0.15, 0.2) is 121 Å². The van der Waals surface area contributed by atoms with Crippen LogP contribution in [0.25, 0.3) is 0 Å². The third-order valence-electron chi connectivity index (χ3n) is 9.52. The van der Waals surface area contributed by atoms with E-state index in [9.17, 15) is 10.0 Å². The van der Waals surface area contributed by atoms with Crippen LogP contribution in [0.3, 0.4) is 0 Å². The van der Waals surface area contributed by atoms with Gasteiger partial charge in [0.1, 0.15) is 0 Å². The Labute approximate surface area is 273 Å². The molecule has 0 aromatic heterocycles. The molecular weight excluding hydrogens is 570 g/mol. The molecule has 0 bridgehead atoms. The summed E-state index contributed by atoms with van der Waals surface area (Å²) < 4.78 is 6.68. The molecule has 0 radical (unpaired) electrons. The van der Waals surface area contributed by atoms with Crippen LogP contribution in [0, 0.1) is 0 Å². The summed E-state index contributed by atoms with van der Waals surface area (Å²) >= 11 is 0. The summed E-state index contributed by atoms with van der Waals surface area (Å²) in [4.78, 5) is 0. The normalized spacial score (nSPS) is 12.4. The Bertz CT molecular complexity index is 1120. The third-order valence-corrected chi connectivity index (χ3v) is 16.1. The Morgan fingerprint density at radius 2 is 0.622 bits per heavy atom. The number of hydrogen-bond acceptors (Lipinski definition) is 3. The van der Waals surface area contributed by atoms with Gasteiger partial charge in [-0.25, -0.2) is 0 Å². The van der Waals surface area contributed by atoms with E-state index in [2.05, 4.69) is 121 Å². The van der Waals surface area contributed by atoms with E-state index in [-0.39, 0.29) is 0 Å². The fourth-order valence-electron chi connectivity index (χ4n) is 7.09. The average Bonchev–Trinajstić information content (AvgIpc) is 3.08. The summed E-state index contributed by atoms with van der Waals surface area (Å²) in [6.45, 7) is -2.97. The van der Waals surface area contributed by atoms with E-state index in [0.29, 0.717) is 0 Å². The SMILES string of the molecule is OB(O)OP(CCCCc1ccccc1)(CCCCc1ccccc1)(CCCCc1ccccc1)CCCCc1ccccc1. The van der Waals surface area contributed by atoms with Crippen molar-refractivity contribution in [3.63, 3.8) is 0 Å². The topological polar surface area (TPSA) is 49.7 Å². The monoisotopic (exact) mass is 624 g/mol. The van der Waals surface area contributed by atoms with E-state index in [4.69, 9.17) is 4.44 Å². The second kappa shape index (κ2) is 19.0. The Balaban J connectivity index is 1.52. The van der Waals surface area contributed by atoms with Crippen LogP contribution in [-0.4, -0.2) is 42.0 Å². The van der Waals surface area contributed by atoms with Gasteiger partial charge in [0.05, 0.1) is 0 Å². The van der Waals surface area contributed by atoms with Crippen molar-refractivity contribution in [3.8, 4) is 0 Å². The van der Waals surface area contributed by atoms with Crippen molar-refractivity contribution < 1.29 is 14.5 Å². The molecule has 0 saturated carbocycles. The van der Waals surface area contributed by atoms with Crippen LogP contribution in [0.5, 0.6) is 0 Å². The van der Waals surface area contributed by atoms with Crippen molar-refractivity contribution >= 4 is 14.2 Å². The molecular formula is C40H54BO3P. The van der Waals surface area contributed by atoms with Gasteiger partial charge in [-0.1, -0.05) is 0 Å². The van der Waals surface area contributed by atoms with Gasteiger partial charge in [-0.2, -0.15) is 0 Å². The standard InChI is InChI=1S/C40H54BO3P/c42-41(43)44-45(33-17-13-29-37-21-5-1-6-22-37,34-18-14-30-38-23-7-2-8-24-38,35-19-15-31-39-25-9-3-10-26-39)36-20-16-32-40-27-11-4-12-28-40/h1-12,21-28,42-43H,13-20,29-36H2. The molecule has 4 rings (SSSR count). The van der Waals surface area contributed by atoms with Gasteiger partial charge in [0, 0.05) is 0 Å². The summed E-state index contributed by atoms with van der Waals surface area (Å²) in [7, 11) is -1.73. The van der Waals surface area contributed by atoms with Crippen LogP contribution >= 0.6 is 6.83 Å². The molecule has 0 spiro atoms. The average molecular weight is 625 g/mol. The molecule has 0 aliphatic carbocycles. The molecule has 4 aromatic carbocycles. The fraction of sp³-hybridized carbons (Fsp3) is 0.400. The van der Waals surface area contributed by atoms with Crippen LogP contribution in [0.2, 0.25) is 0 Å². The van der Waals surface area contributed by atoms with Gasteiger partial charge >= 0.3 is 274 Å². The molecule has 240 valence electrons. The molecule has 0 saturated heterocycles. The number of unbranched alkanes of at least 4 members (excludes halogenated alkanes) is 4. The van der Waals surface area contributed by atoms with Crippen molar-refractivity contribution in [1.29, 1.82) is 0 Å². The number of aryl methyl sites for hydroxylation is 4. The minimum absolute atomic E-state index is 0.970. The van der Waals surface area contributed by atoms with Gasteiger partial charge in [0.2, 0.25) is 0 Å². The summed E-state index contributed by atoms with van der Waals surface area (Å²) in [5.41, 5.74) is 5.48. The third kappa shape index (κ3) is 12.5. The number of hydrogen-bond donors (Lipinski definition) is 2. The van der Waals surface area contributed by atoms with Crippen molar-refractivity contribution in [2.75, 3.05) is 24.6 Å². The molecule has 0 aliphatic rings. The molecule has 0 aliphatic heterocycles. The Morgan fingerprint density at radius 1 is 0.378 bits per heavy atom. The molecule has 0 fully saturated rings. The Hall–Kier alpha value is -2.75. The van der Waals surface area contributed by atoms with E-state index >= 15 is 0 Å². The first-order valence-corrected chi connectivity index (χ1v) is 20.2. The van der Waals surface area contributed by atoms with E-state index in [1.165, 1.54) is 22.3 Å². The van der Waals surface area contributed by atoms with Gasteiger partial charge < -0.3 is 0 Å². The molecule has 0 unspecified atom stereocenters. The first-order chi connectivity index (χ1) is 22.0. The summed E-state index contributed by atoms with van der Waals surface area (Å²) in [6.07, 6.45) is 16.6. The zero-order valence-electron chi connectivity index (χ0n) is 27.2. The molecule has 0 atom stereocenters. The molecule has 0 amide bonds. The summed E-state index contributed by atoms with van der Waals surface area (Å²) in [5, 5.41) is 21.1. The van der Waals surface area contributed by atoms with E-state index in [1.807, 2.05) is 0 Å². The summed E-state index contributed by atoms with van der Waals surface area (Å²) in [5.74, 6) is 0. The van der Waals surface area contributed by atoms with Gasteiger partial charge in [-0.3, -0.25) is 0 Å². The minimum atomic E-state index is -2.97. The van der Waals surface area contributed by atoms with Gasteiger partial charge in [-0.15, -0.1) is 0 Å². The quantitative estimate of drug-likeness (QED) is 0.0520. The van der Waals surface area contributed by atoms with Gasteiger partial charge in [0.25, 0.3) is 0 Å². The van der Waals surface area contributed by atoms with Crippen LogP contribution in [0.1, 0.15) is 73.6 Å². The maximum atomic E-state index is 10.6. The molecule has 0 heterocycles. The van der Waals surface area contributed by atoms with Crippen molar-refractivity contribution in [2.24, 2.45) is 0 Å². The molecule has 5 heteroatoms. The first-order valence-electron chi connectivity index (χ1n) is 17.3. The van der Waals surface area contributed by atoms with Gasteiger partial charge in [0.15, 0.2) is 0 Å². The van der Waals surface area contributed by atoms with Crippen LogP contribution in [0.4, 0.5) is 0 Å². The van der Waals surface area contributed by atoms with Crippen molar-refractivity contribution in [2.45, 2.75) is 77.0 Å². The first kappa shape index (κ1) is 35.1. The second-order valence-electron chi connectivity index (χ2n) is 13.0. The predicted molar refractivity (Wildman–Crippen MR) is 195 cm³/mol. The molecule has 45 heavy (non-hydrogen) atoms. The second-order valence-corrected chi connectivity index (χ2v) is 18.7. The van der Waals surface area contributed by atoms with Crippen LogP contribution in [-0.2, 0) is 30.1 Å². The van der Waals surface area contributed by atoms with Gasteiger partial charge in [-0.05, 0) is 0 Å². The Morgan fingerprint density at radius 3 is 0.844 bits per heavy atom. The number of rotatable bonds is 22. The predicted octanol–water partition coefficient (Wildman–Crippen LogP) is 9.53. The molecule has 2 N–H and O–H groups in total. The van der Waals surface area contributed by atoms with E-state index in [0.717, 1.165) is 102 Å². The molecule has 4 aromatic rings. The zero-order chi connectivity index (χ0) is 31.5.